The molecular weight excluding hydrogens is 346 g/mol. The zero-order chi connectivity index (χ0) is 19.2. The molecule has 0 aromatic carbocycles. The lowest BCUT2D eigenvalue weighted by Crippen LogP contribution is -2.20. The Hall–Kier alpha value is -1.71. The van der Waals surface area contributed by atoms with Gasteiger partial charge in [0.2, 0.25) is 17.8 Å². The van der Waals surface area contributed by atoms with Gasteiger partial charge >= 0.3 is 0 Å². The predicted molar refractivity (Wildman–Crippen MR) is 108 cm³/mol. The summed E-state index contributed by atoms with van der Waals surface area (Å²) >= 11 is 0. The van der Waals surface area contributed by atoms with Crippen LogP contribution in [0.3, 0.4) is 0 Å². The molecule has 0 radical (unpaired) electrons. The Morgan fingerprint density at radius 1 is 0.889 bits per heavy atom. The van der Waals surface area contributed by atoms with E-state index in [0.29, 0.717) is 63.4 Å². The summed E-state index contributed by atoms with van der Waals surface area (Å²) in [5, 5.41) is 9.94. The van der Waals surface area contributed by atoms with Crippen LogP contribution < -0.4 is 21.7 Å². The summed E-state index contributed by atoms with van der Waals surface area (Å²) in [6.45, 7) is 6.41. The van der Waals surface area contributed by atoms with Crippen molar-refractivity contribution in [3.63, 3.8) is 0 Å². The zero-order valence-electron chi connectivity index (χ0n) is 16.5. The minimum Gasteiger partial charge on any atom is -0.378 e. The molecule has 0 bridgehead atoms. The largest absolute Gasteiger partial charge is 0.378 e. The molecule has 9 nitrogen and oxygen atoms in total. The number of anilines is 3. The zero-order valence-corrected chi connectivity index (χ0v) is 16.5. The summed E-state index contributed by atoms with van der Waals surface area (Å²) in [6.07, 6.45) is 7.09. The molecule has 1 aliphatic rings. The third-order valence-corrected chi connectivity index (χ3v) is 4.30. The van der Waals surface area contributed by atoms with Gasteiger partial charge in [-0.05, 0) is 19.3 Å². The average molecular weight is 382 g/mol. The molecule has 0 atom stereocenters. The Morgan fingerprint density at radius 2 is 1.52 bits per heavy atom. The highest BCUT2D eigenvalue weighted by molar-refractivity contribution is 5.42. The maximum Gasteiger partial charge on any atom is 0.229 e. The number of nitrogens with one attached hydrogen (secondary N) is 3. The van der Waals surface area contributed by atoms with Gasteiger partial charge in [-0.3, -0.25) is 0 Å². The summed E-state index contributed by atoms with van der Waals surface area (Å²) in [7, 11) is 0. The molecule has 1 saturated carbocycles. The molecule has 2 rings (SSSR count). The number of nitrogens with two attached hydrogens (primary N) is 1. The molecule has 0 spiro atoms. The van der Waals surface area contributed by atoms with Crippen LogP contribution in [-0.4, -0.2) is 67.1 Å². The van der Waals surface area contributed by atoms with Crippen LogP contribution >= 0.6 is 0 Å². The summed E-state index contributed by atoms with van der Waals surface area (Å²) in [5.41, 5.74) is 5.36. The molecular formula is C18H35N7O2. The second-order valence-electron chi connectivity index (χ2n) is 6.65. The van der Waals surface area contributed by atoms with Gasteiger partial charge in [-0.2, -0.15) is 15.0 Å². The van der Waals surface area contributed by atoms with Crippen LogP contribution in [-0.2, 0) is 9.47 Å². The van der Waals surface area contributed by atoms with Crippen molar-refractivity contribution in [2.75, 3.05) is 62.0 Å². The first-order chi connectivity index (χ1) is 13.3. The van der Waals surface area contributed by atoms with Crippen LogP contribution in [0, 0.1) is 0 Å². The monoisotopic (exact) mass is 381 g/mol. The number of ether oxygens (including phenoxy) is 2. The fourth-order valence-electron chi connectivity index (χ4n) is 2.87. The normalized spacial score (nSPS) is 14.4. The van der Waals surface area contributed by atoms with Crippen molar-refractivity contribution in [3.8, 4) is 0 Å². The number of rotatable bonds is 15. The van der Waals surface area contributed by atoms with Crippen LogP contribution in [0.4, 0.5) is 17.8 Å². The fourth-order valence-corrected chi connectivity index (χ4v) is 2.87. The summed E-state index contributed by atoms with van der Waals surface area (Å²) in [5.74, 6) is 1.81. The summed E-state index contributed by atoms with van der Waals surface area (Å²) < 4.78 is 10.8. The van der Waals surface area contributed by atoms with Crippen LogP contribution in [0.1, 0.15) is 45.4 Å². The molecule has 0 unspecified atom stereocenters. The van der Waals surface area contributed by atoms with E-state index in [1.54, 1.807) is 0 Å². The van der Waals surface area contributed by atoms with Crippen LogP contribution in [0.15, 0.2) is 0 Å². The standard InChI is InChI=1S/C18H35N7O2/c1-2-3-9-20-16-23-17(21-10-12-27-14-13-26-11-8-19)25-18(24-16)22-15-6-4-5-7-15/h15H,2-14,19H2,1H3,(H3,20,21,22,23,24,25). The van der Waals surface area contributed by atoms with Gasteiger partial charge in [0.25, 0.3) is 0 Å². The minimum atomic E-state index is 0.459. The Bertz CT molecular complexity index is 512. The van der Waals surface area contributed by atoms with E-state index < -0.39 is 0 Å². The Morgan fingerprint density at radius 3 is 2.19 bits per heavy atom. The predicted octanol–water partition coefficient (Wildman–Crippen LogP) is 1.84. The average Bonchev–Trinajstić information content (AvgIpc) is 3.17. The maximum atomic E-state index is 5.52. The number of aromatic nitrogens is 3. The molecule has 5 N–H and O–H groups in total. The first-order valence-corrected chi connectivity index (χ1v) is 10.2. The molecule has 0 saturated heterocycles. The van der Waals surface area contributed by atoms with E-state index in [1.807, 2.05) is 0 Å². The fraction of sp³-hybridized carbons (Fsp3) is 0.833. The molecule has 1 heterocycles. The molecule has 1 aliphatic carbocycles. The third-order valence-electron chi connectivity index (χ3n) is 4.30. The maximum absolute atomic E-state index is 5.52. The molecule has 1 aromatic heterocycles. The van der Waals surface area contributed by atoms with Gasteiger partial charge in [0.15, 0.2) is 0 Å². The van der Waals surface area contributed by atoms with Gasteiger partial charge in [-0.1, -0.05) is 26.2 Å². The molecule has 1 aromatic rings. The van der Waals surface area contributed by atoms with Crippen molar-refractivity contribution in [1.29, 1.82) is 0 Å². The Kier molecular flexibility index (Phi) is 10.8. The second-order valence-corrected chi connectivity index (χ2v) is 6.65. The van der Waals surface area contributed by atoms with Crippen LogP contribution in [0.2, 0.25) is 0 Å². The highest BCUT2D eigenvalue weighted by Gasteiger charge is 2.16. The van der Waals surface area contributed by atoms with Gasteiger partial charge in [-0.15, -0.1) is 0 Å². The molecule has 27 heavy (non-hydrogen) atoms. The van der Waals surface area contributed by atoms with Gasteiger partial charge in [-0.25, -0.2) is 0 Å². The van der Waals surface area contributed by atoms with Crippen LogP contribution in [0.25, 0.3) is 0 Å². The van der Waals surface area contributed by atoms with Crippen molar-refractivity contribution in [1.82, 2.24) is 15.0 Å². The van der Waals surface area contributed by atoms with Gasteiger partial charge < -0.3 is 31.2 Å². The van der Waals surface area contributed by atoms with E-state index in [2.05, 4.69) is 37.8 Å². The molecule has 1 fully saturated rings. The first kappa shape index (κ1) is 21.6. The third kappa shape index (κ3) is 9.16. The molecule has 0 aliphatic heterocycles. The Balaban J connectivity index is 1.80. The van der Waals surface area contributed by atoms with Crippen LogP contribution in [0.5, 0.6) is 0 Å². The number of hydrogen-bond acceptors (Lipinski definition) is 9. The highest BCUT2D eigenvalue weighted by atomic mass is 16.5. The molecule has 0 amide bonds. The van der Waals surface area contributed by atoms with E-state index in [1.165, 1.54) is 25.7 Å². The van der Waals surface area contributed by atoms with Crippen molar-refractivity contribution in [2.45, 2.75) is 51.5 Å². The van der Waals surface area contributed by atoms with Gasteiger partial charge in [0, 0.05) is 25.7 Å². The highest BCUT2D eigenvalue weighted by Crippen LogP contribution is 2.21. The smallest absolute Gasteiger partial charge is 0.229 e. The Labute approximate surface area is 162 Å². The number of unbranched alkanes of at least 4 members (excludes halogenated alkanes) is 1. The quantitative estimate of drug-likeness (QED) is 0.337. The summed E-state index contributed by atoms with van der Waals surface area (Å²) in [6, 6.07) is 0.459. The number of nitrogens with zero attached hydrogens (tertiary/aromatic N) is 3. The lowest BCUT2D eigenvalue weighted by molar-refractivity contribution is 0.0547. The second kappa shape index (κ2) is 13.5. The van der Waals surface area contributed by atoms with E-state index in [0.717, 1.165) is 19.4 Å². The summed E-state index contributed by atoms with van der Waals surface area (Å²) in [4.78, 5) is 13.5. The van der Waals surface area contributed by atoms with E-state index in [4.69, 9.17) is 15.2 Å². The first-order valence-electron chi connectivity index (χ1n) is 10.2. The topological polar surface area (TPSA) is 119 Å². The van der Waals surface area contributed by atoms with Gasteiger partial charge in [0.05, 0.1) is 26.4 Å². The van der Waals surface area contributed by atoms with Crippen molar-refractivity contribution < 1.29 is 9.47 Å². The van der Waals surface area contributed by atoms with E-state index in [9.17, 15) is 0 Å². The number of hydrogen-bond donors (Lipinski definition) is 4. The van der Waals surface area contributed by atoms with Crippen molar-refractivity contribution in [2.24, 2.45) is 5.73 Å². The van der Waals surface area contributed by atoms with Crippen molar-refractivity contribution >= 4 is 17.8 Å². The molecule has 154 valence electrons. The van der Waals surface area contributed by atoms with E-state index in [-0.39, 0.29) is 0 Å². The molecule has 9 heteroatoms. The van der Waals surface area contributed by atoms with Gasteiger partial charge in [0.1, 0.15) is 0 Å². The lowest BCUT2D eigenvalue weighted by atomic mass is 10.3. The lowest BCUT2D eigenvalue weighted by Gasteiger charge is -2.14. The SMILES string of the molecule is CCCCNc1nc(NCCOCCOCCN)nc(NC2CCCC2)n1. The van der Waals surface area contributed by atoms with E-state index >= 15 is 0 Å². The minimum absolute atomic E-state index is 0.459. The van der Waals surface area contributed by atoms with Crippen molar-refractivity contribution in [3.05, 3.63) is 0 Å².